The van der Waals surface area contributed by atoms with Crippen molar-refractivity contribution >= 4 is 22.5 Å². The maximum absolute atomic E-state index is 11.4. The van der Waals surface area contributed by atoms with Gasteiger partial charge in [0.05, 0.1) is 12.5 Å². The molecule has 0 unspecified atom stereocenters. The molecule has 2 nitrogen and oxygen atoms in total. The Morgan fingerprint density at radius 1 is 1.27 bits per heavy atom. The Hall–Kier alpha value is -0.480. The Labute approximate surface area is 105 Å². The van der Waals surface area contributed by atoms with Crippen LogP contribution in [0.4, 0.5) is 5.69 Å². The monoisotopic (exact) mass is 289 g/mol. The van der Waals surface area contributed by atoms with Gasteiger partial charge in [-0.25, -0.2) is 0 Å². The minimum Gasteiger partial charge on any atom is -1.00 e. The molecule has 0 spiro atoms. The van der Waals surface area contributed by atoms with Crippen molar-refractivity contribution in [2.45, 2.75) is 6.92 Å². The molecule has 0 radical (unpaired) electrons. The number of halogens is 1. The fraction of sp³-hybridized carbons (Fsp3) is 0.364. The number of anilines is 1. The predicted molar refractivity (Wildman–Crippen MR) is 63.9 cm³/mol. The van der Waals surface area contributed by atoms with Crippen LogP contribution in [0.1, 0.15) is 5.56 Å². The highest BCUT2D eigenvalue weighted by atomic mass is 79.9. The molecule has 0 heterocycles. The molecule has 0 fully saturated rings. The molecule has 0 saturated heterocycles. The zero-order chi connectivity index (χ0) is 10.6. The van der Waals surface area contributed by atoms with Crippen molar-refractivity contribution in [3.63, 3.8) is 0 Å². The quantitative estimate of drug-likeness (QED) is 0.697. The molecule has 0 atom stereocenters. The number of benzene rings is 1. The smallest absolute Gasteiger partial charge is 0.274 e. The number of rotatable bonds is 3. The third-order valence-corrected chi connectivity index (χ3v) is 2.59. The van der Waals surface area contributed by atoms with Gasteiger partial charge >= 0.3 is 0 Å². The lowest BCUT2D eigenvalue weighted by Gasteiger charge is -2.03. The molecule has 1 aromatic carbocycles. The molecule has 0 aromatic heterocycles. The first-order valence-electron chi connectivity index (χ1n) is 4.48. The van der Waals surface area contributed by atoms with Crippen LogP contribution in [0.3, 0.4) is 0 Å². The number of hydrogen-bond acceptors (Lipinski definition) is 1. The number of carbonyl (C=O) groups is 1. The molecule has 1 N–H and O–H groups in total. The SMILES string of the molecule is Cc1ccc(NC(=O)C[S+](C)C)cc1.[Br-]. The van der Waals surface area contributed by atoms with E-state index in [4.69, 9.17) is 0 Å². The van der Waals surface area contributed by atoms with Gasteiger partial charge in [-0.15, -0.1) is 0 Å². The van der Waals surface area contributed by atoms with Crippen LogP contribution in [0.15, 0.2) is 24.3 Å². The Morgan fingerprint density at radius 3 is 2.27 bits per heavy atom. The molecular weight excluding hydrogens is 274 g/mol. The number of carbonyl (C=O) groups excluding carboxylic acids is 1. The van der Waals surface area contributed by atoms with Crippen molar-refractivity contribution in [1.29, 1.82) is 0 Å². The van der Waals surface area contributed by atoms with Gasteiger partial charge in [0.1, 0.15) is 0 Å². The summed E-state index contributed by atoms with van der Waals surface area (Å²) in [4.78, 5) is 11.4. The molecule has 0 aliphatic heterocycles. The van der Waals surface area contributed by atoms with E-state index in [1.165, 1.54) is 5.56 Å². The number of amides is 1. The van der Waals surface area contributed by atoms with E-state index < -0.39 is 0 Å². The molecule has 1 rings (SSSR count). The summed E-state index contributed by atoms with van der Waals surface area (Å²) < 4.78 is 0. The highest BCUT2D eigenvalue weighted by Crippen LogP contribution is 2.08. The molecule has 84 valence electrons. The first-order valence-corrected chi connectivity index (χ1v) is 6.69. The Balaban J connectivity index is 0.00000196. The fourth-order valence-corrected chi connectivity index (χ4v) is 1.69. The van der Waals surface area contributed by atoms with Crippen LogP contribution in [0.5, 0.6) is 0 Å². The average Bonchev–Trinajstić information content (AvgIpc) is 2.07. The largest absolute Gasteiger partial charge is 1.00 e. The Bertz CT molecular complexity index is 311. The third kappa shape index (κ3) is 5.85. The zero-order valence-electron chi connectivity index (χ0n) is 9.21. The standard InChI is InChI=1S/C11H15NOS.BrH/c1-9-4-6-10(7-5-9)12-11(13)8-14(2)3;/h4-7H,8H2,1-3H3;1H. The van der Waals surface area contributed by atoms with Crippen LogP contribution in [-0.4, -0.2) is 24.2 Å². The fourth-order valence-electron chi connectivity index (χ4n) is 1.10. The third-order valence-electron chi connectivity index (χ3n) is 1.76. The summed E-state index contributed by atoms with van der Waals surface area (Å²) in [5.74, 6) is 0.704. The Kier molecular flexibility index (Phi) is 6.68. The summed E-state index contributed by atoms with van der Waals surface area (Å²) in [5.41, 5.74) is 2.08. The van der Waals surface area contributed by atoms with Crippen LogP contribution < -0.4 is 22.3 Å². The lowest BCUT2D eigenvalue weighted by Crippen LogP contribution is -3.00. The first-order chi connectivity index (χ1) is 6.58. The van der Waals surface area contributed by atoms with Gasteiger partial charge in [0.2, 0.25) is 0 Å². The highest BCUT2D eigenvalue weighted by Gasteiger charge is 2.10. The molecule has 15 heavy (non-hydrogen) atoms. The summed E-state index contributed by atoms with van der Waals surface area (Å²) in [6.07, 6.45) is 4.13. The van der Waals surface area contributed by atoms with Crippen molar-refractivity contribution in [3.8, 4) is 0 Å². The molecule has 0 aliphatic carbocycles. The van der Waals surface area contributed by atoms with Crippen molar-refractivity contribution in [2.75, 3.05) is 23.6 Å². The van der Waals surface area contributed by atoms with Gasteiger partial charge in [-0.2, -0.15) is 0 Å². The van der Waals surface area contributed by atoms with E-state index in [1.807, 2.05) is 31.2 Å². The first kappa shape index (κ1) is 14.5. The average molecular weight is 290 g/mol. The Morgan fingerprint density at radius 2 is 1.80 bits per heavy atom. The van der Waals surface area contributed by atoms with E-state index in [-0.39, 0.29) is 33.8 Å². The summed E-state index contributed by atoms with van der Waals surface area (Å²) in [7, 11) is 0.164. The zero-order valence-corrected chi connectivity index (χ0v) is 11.6. The van der Waals surface area contributed by atoms with E-state index >= 15 is 0 Å². The highest BCUT2D eigenvalue weighted by molar-refractivity contribution is 7.96. The second kappa shape index (κ2) is 6.90. The van der Waals surface area contributed by atoms with Gasteiger partial charge in [0.25, 0.3) is 5.91 Å². The summed E-state index contributed by atoms with van der Waals surface area (Å²) in [6.45, 7) is 2.03. The lowest BCUT2D eigenvalue weighted by atomic mass is 10.2. The van der Waals surface area contributed by atoms with Crippen LogP contribution in [0, 0.1) is 6.92 Å². The van der Waals surface area contributed by atoms with Gasteiger partial charge in [-0.05, 0) is 30.0 Å². The van der Waals surface area contributed by atoms with E-state index in [9.17, 15) is 4.79 Å². The molecule has 0 bridgehead atoms. The molecule has 4 heteroatoms. The molecule has 1 aromatic rings. The second-order valence-corrected chi connectivity index (χ2v) is 5.80. The maximum Gasteiger partial charge on any atom is 0.274 e. The van der Waals surface area contributed by atoms with Crippen LogP contribution in [-0.2, 0) is 15.7 Å². The van der Waals surface area contributed by atoms with Gasteiger partial charge in [-0.1, -0.05) is 17.7 Å². The van der Waals surface area contributed by atoms with E-state index in [2.05, 4.69) is 17.8 Å². The summed E-state index contributed by atoms with van der Waals surface area (Å²) in [5, 5.41) is 2.87. The van der Waals surface area contributed by atoms with Crippen LogP contribution >= 0.6 is 0 Å². The number of nitrogens with one attached hydrogen (secondary N) is 1. The summed E-state index contributed by atoms with van der Waals surface area (Å²) in [6, 6.07) is 7.84. The van der Waals surface area contributed by atoms with Gasteiger partial charge < -0.3 is 22.3 Å². The van der Waals surface area contributed by atoms with E-state index in [0.29, 0.717) is 5.75 Å². The molecular formula is C11H16BrNOS. The minimum absolute atomic E-state index is 0. The van der Waals surface area contributed by atoms with Crippen molar-refractivity contribution in [2.24, 2.45) is 0 Å². The van der Waals surface area contributed by atoms with Crippen molar-refractivity contribution in [3.05, 3.63) is 29.8 Å². The molecule has 1 amide bonds. The van der Waals surface area contributed by atoms with E-state index in [0.717, 1.165) is 5.69 Å². The lowest BCUT2D eigenvalue weighted by molar-refractivity contribution is -0.113. The van der Waals surface area contributed by atoms with Crippen molar-refractivity contribution in [1.82, 2.24) is 0 Å². The normalized spacial score (nSPS) is 9.60. The molecule has 0 saturated carbocycles. The van der Waals surface area contributed by atoms with Crippen LogP contribution in [0.25, 0.3) is 0 Å². The van der Waals surface area contributed by atoms with Gasteiger partial charge in [-0.3, -0.25) is 4.79 Å². The molecule has 0 aliphatic rings. The summed E-state index contributed by atoms with van der Waals surface area (Å²) >= 11 is 0. The van der Waals surface area contributed by atoms with Gasteiger partial charge in [0, 0.05) is 5.69 Å². The minimum atomic E-state index is 0. The topological polar surface area (TPSA) is 29.1 Å². The van der Waals surface area contributed by atoms with E-state index in [1.54, 1.807) is 0 Å². The van der Waals surface area contributed by atoms with Crippen LogP contribution in [0.2, 0.25) is 0 Å². The second-order valence-electron chi connectivity index (χ2n) is 3.54. The number of hydrogen-bond donors (Lipinski definition) is 1. The van der Waals surface area contributed by atoms with Crippen molar-refractivity contribution < 1.29 is 21.8 Å². The van der Waals surface area contributed by atoms with Gasteiger partial charge in [0.15, 0.2) is 5.75 Å². The predicted octanol–water partition coefficient (Wildman–Crippen LogP) is -1.18. The number of aryl methyl sites for hydroxylation is 1. The maximum atomic E-state index is 11.4.